The molecule has 3 rings (SSSR count). The lowest BCUT2D eigenvalue weighted by Crippen LogP contribution is -2.14. The number of aryl methyl sites for hydroxylation is 2. The van der Waals surface area contributed by atoms with E-state index in [4.69, 9.17) is 0 Å². The van der Waals surface area contributed by atoms with Crippen LogP contribution in [0.2, 0.25) is 0 Å². The molecule has 0 atom stereocenters. The molecule has 0 spiro atoms. The van der Waals surface area contributed by atoms with Gasteiger partial charge < -0.3 is 5.32 Å². The van der Waals surface area contributed by atoms with Crippen molar-refractivity contribution in [1.29, 1.82) is 0 Å². The molecule has 4 nitrogen and oxygen atoms in total. The number of hydrogen-bond donors (Lipinski definition) is 1. The average Bonchev–Trinajstić information content (AvgIpc) is 3.05. The summed E-state index contributed by atoms with van der Waals surface area (Å²) in [6, 6.07) is 12.1. The summed E-state index contributed by atoms with van der Waals surface area (Å²) in [5.41, 5.74) is 3.77. The Morgan fingerprint density at radius 2 is 2.04 bits per heavy atom. The van der Waals surface area contributed by atoms with Crippen molar-refractivity contribution in [3.05, 3.63) is 71.8 Å². The Labute approximate surface area is 150 Å². The van der Waals surface area contributed by atoms with Gasteiger partial charge >= 0.3 is 0 Å². The fourth-order valence-electron chi connectivity index (χ4n) is 2.37. The Bertz CT molecular complexity index is 907. The predicted octanol–water partition coefficient (Wildman–Crippen LogP) is 4.36. The topological polar surface area (TPSA) is 46.9 Å². The van der Waals surface area contributed by atoms with E-state index in [1.807, 2.05) is 32.0 Å². The molecule has 25 heavy (non-hydrogen) atoms. The first-order valence-electron chi connectivity index (χ1n) is 7.82. The molecule has 0 fully saturated rings. The highest BCUT2D eigenvalue weighted by atomic mass is 32.2. The number of nitrogens with zero attached hydrogens (tertiary/aromatic N) is 2. The highest BCUT2D eigenvalue weighted by Gasteiger charge is 2.10. The first kappa shape index (κ1) is 17.2. The van der Waals surface area contributed by atoms with Crippen molar-refractivity contribution in [2.24, 2.45) is 0 Å². The van der Waals surface area contributed by atoms with Crippen LogP contribution in [0.5, 0.6) is 0 Å². The summed E-state index contributed by atoms with van der Waals surface area (Å²) in [6.45, 7) is 4.04. The molecular weight excluding hydrogens is 337 g/mol. The summed E-state index contributed by atoms with van der Waals surface area (Å²) in [6.07, 6.45) is 3.38. The molecule has 0 saturated heterocycles. The van der Waals surface area contributed by atoms with E-state index in [-0.39, 0.29) is 17.5 Å². The molecule has 0 aliphatic heterocycles. The maximum absolute atomic E-state index is 13.4. The van der Waals surface area contributed by atoms with Crippen molar-refractivity contribution in [2.45, 2.75) is 19.0 Å². The lowest BCUT2D eigenvalue weighted by atomic mass is 10.1. The molecule has 1 aromatic heterocycles. The van der Waals surface area contributed by atoms with Gasteiger partial charge in [-0.05, 0) is 55.3 Å². The van der Waals surface area contributed by atoms with E-state index in [0.29, 0.717) is 10.8 Å². The van der Waals surface area contributed by atoms with Gasteiger partial charge in [0.25, 0.3) is 0 Å². The second-order valence-corrected chi connectivity index (χ2v) is 6.64. The third kappa shape index (κ3) is 4.28. The maximum Gasteiger partial charge on any atom is 0.234 e. The van der Waals surface area contributed by atoms with Gasteiger partial charge in [0.05, 0.1) is 11.4 Å². The number of hydrogen-bond acceptors (Lipinski definition) is 3. The van der Waals surface area contributed by atoms with Crippen LogP contribution in [-0.2, 0) is 4.79 Å². The van der Waals surface area contributed by atoms with Crippen LogP contribution < -0.4 is 5.32 Å². The zero-order chi connectivity index (χ0) is 17.8. The van der Waals surface area contributed by atoms with E-state index < -0.39 is 0 Å². The molecule has 0 aliphatic carbocycles. The van der Waals surface area contributed by atoms with Gasteiger partial charge in [0.15, 0.2) is 5.16 Å². The van der Waals surface area contributed by atoms with E-state index in [9.17, 15) is 9.18 Å². The Kier molecular flexibility index (Phi) is 5.19. The van der Waals surface area contributed by atoms with Crippen molar-refractivity contribution >= 4 is 23.4 Å². The minimum atomic E-state index is -0.311. The van der Waals surface area contributed by atoms with Crippen molar-refractivity contribution < 1.29 is 9.18 Å². The van der Waals surface area contributed by atoms with Crippen LogP contribution >= 0.6 is 11.8 Å². The fourth-order valence-corrected chi connectivity index (χ4v) is 3.14. The molecule has 0 aliphatic rings. The zero-order valence-corrected chi connectivity index (χ0v) is 14.8. The molecule has 128 valence electrons. The van der Waals surface area contributed by atoms with Crippen LogP contribution in [0.4, 0.5) is 10.1 Å². The number of halogens is 1. The van der Waals surface area contributed by atoms with E-state index in [0.717, 1.165) is 11.3 Å². The first-order chi connectivity index (χ1) is 12.0. The second-order valence-electron chi connectivity index (χ2n) is 5.70. The smallest absolute Gasteiger partial charge is 0.234 e. The maximum atomic E-state index is 13.4. The van der Waals surface area contributed by atoms with Crippen molar-refractivity contribution in [1.82, 2.24) is 9.55 Å². The molecule has 0 saturated carbocycles. The summed E-state index contributed by atoms with van der Waals surface area (Å²) < 4.78 is 15.2. The highest BCUT2D eigenvalue weighted by Crippen LogP contribution is 2.21. The van der Waals surface area contributed by atoms with E-state index in [1.165, 1.54) is 29.5 Å². The van der Waals surface area contributed by atoms with E-state index >= 15 is 0 Å². The Hall–Kier alpha value is -2.60. The van der Waals surface area contributed by atoms with Gasteiger partial charge in [-0.1, -0.05) is 23.9 Å². The summed E-state index contributed by atoms with van der Waals surface area (Å²) in [5, 5.41) is 3.52. The largest absolute Gasteiger partial charge is 0.325 e. The number of rotatable bonds is 5. The van der Waals surface area contributed by atoms with E-state index in [2.05, 4.69) is 10.3 Å². The summed E-state index contributed by atoms with van der Waals surface area (Å²) >= 11 is 1.31. The number of aromatic nitrogens is 2. The molecule has 1 amide bonds. The van der Waals surface area contributed by atoms with Gasteiger partial charge in [-0.15, -0.1) is 0 Å². The molecule has 2 aromatic carbocycles. The lowest BCUT2D eigenvalue weighted by molar-refractivity contribution is -0.113. The molecule has 0 bridgehead atoms. The van der Waals surface area contributed by atoms with Gasteiger partial charge in [0.2, 0.25) is 5.91 Å². The molecule has 1 N–H and O–H groups in total. The number of carbonyl (C=O) groups excluding carboxylic acids is 1. The highest BCUT2D eigenvalue weighted by molar-refractivity contribution is 7.99. The number of benzene rings is 2. The van der Waals surface area contributed by atoms with Gasteiger partial charge in [-0.2, -0.15) is 0 Å². The molecule has 6 heteroatoms. The van der Waals surface area contributed by atoms with Crippen LogP contribution in [0.1, 0.15) is 11.1 Å². The van der Waals surface area contributed by atoms with Crippen LogP contribution in [0.3, 0.4) is 0 Å². The van der Waals surface area contributed by atoms with E-state index in [1.54, 1.807) is 29.1 Å². The normalized spacial score (nSPS) is 10.7. The Morgan fingerprint density at radius 3 is 2.80 bits per heavy atom. The quantitative estimate of drug-likeness (QED) is 0.692. The lowest BCUT2D eigenvalue weighted by Gasteiger charge is -2.09. The van der Waals surface area contributed by atoms with Crippen LogP contribution in [-0.4, -0.2) is 21.2 Å². The zero-order valence-electron chi connectivity index (χ0n) is 14.0. The number of imidazole rings is 1. The Morgan fingerprint density at radius 1 is 1.20 bits per heavy atom. The van der Waals surface area contributed by atoms with Crippen LogP contribution in [0.15, 0.2) is 60.0 Å². The number of anilines is 1. The minimum absolute atomic E-state index is 0.109. The number of amides is 1. The Balaban J connectivity index is 1.65. The molecule has 3 aromatic rings. The van der Waals surface area contributed by atoms with Gasteiger partial charge in [-0.3, -0.25) is 9.36 Å². The second kappa shape index (κ2) is 7.53. The van der Waals surface area contributed by atoms with Crippen molar-refractivity contribution in [3.8, 4) is 5.69 Å². The number of nitrogens with one attached hydrogen (secondary N) is 1. The van der Waals surface area contributed by atoms with Crippen molar-refractivity contribution in [2.75, 3.05) is 11.1 Å². The molecule has 1 heterocycles. The fraction of sp³-hybridized carbons (Fsp3) is 0.158. The summed E-state index contributed by atoms with van der Waals surface area (Å²) in [5.74, 6) is -0.198. The van der Waals surface area contributed by atoms with Crippen LogP contribution in [0.25, 0.3) is 5.69 Å². The standard InChI is InChI=1S/C19H18FN3OS/c1-13-6-7-16(10-14(13)2)22-18(24)12-25-19-21-8-9-23(19)17-5-3-4-15(20)11-17/h3-11H,12H2,1-2H3,(H,22,24). The van der Waals surface area contributed by atoms with Crippen LogP contribution in [0, 0.1) is 19.7 Å². The molecule has 0 unspecified atom stereocenters. The van der Waals surface area contributed by atoms with Crippen molar-refractivity contribution in [3.63, 3.8) is 0 Å². The minimum Gasteiger partial charge on any atom is -0.325 e. The first-order valence-corrected chi connectivity index (χ1v) is 8.81. The third-order valence-corrected chi connectivity index (χ3v) is 4.78. The monoisotopic (exact) mass is 355 g/mol. The number of thioether (sulfide) groups is 1. The average molecular weight is 355 g/mol. The predicted molar refractivity (Wildman–Crippen MR) is 98.8 cm³/mol. The number of carbonyl (C=O) groups is 1. The third-order valence-electron chi connectivity index (χ3n) is 3.82. The summed E-state index contributed by atoms with van der Waals surface area (Å²) in [4.78, 5) is 16.4. The van der Waals surface area contributed by atoms with Gasteiger partial charge in [-0.25, -0.2) is 9.37 Å². The summed E-state index contributed by atoms with van der Waals surface area (Å²) in [7, 11) is 0. The van der Waals surface area contributed by atoms with Gasteiger partial charge in [0.1, 0.15) is 5.82 Å². The van der Waals surface area contributed by atoms with Gasteiger partial charge in [0, 0.05) is 18.1 Å². The molecule has 0 radical (unpaired) electrons. The molecular formula is C19H18FN3OS. The SMILES string of the molecule is Cc1ccc(NC(=O)CSc2nccn2-c2cccc(F)c2)cc1C.